The van der Waals surface area contributed by atoms with E-state index >= 15 is 0 Å². The molecule has 1 N–H and O–H groups in total. The van der Waals surface area contributed by atoms with Crippen molar-refractivity contribution in [1.82, 2.24) is 10.1 Å². The third kappa shape index (κ3) is 7.02. The maximum Gasteiger partial charge on any atom is 0.438 e. The monoisotopic (exact) mass is 298 g/mol. The quantitative estimate of drug-likeness (QED) is 0.796. The van der Waals surface area contributed by atoms with Gasteiger partial charge in [0.15, 0.2) is 5.82 Å². The highest BCUT2D eigenvalue weighted by Crippen LogP contribution is 2.18. The highest BCUT2D eigenvalue weighted by molar-refractivity contribution is 5.97. The molecule has 0 atom stereocenters. The van der Waals surface area contributed by atoms with Crippen LogP contribution in [0.2, 0.25) is 0 Å². The number of aliphatic imine (C=N–C) groups is 2. The number of hydrogen-bond acceptors (Lipinski definition) is 5. The number of nitrogens with zero attached hydrogens (tertiary/aromatic N) is 3. The van der Waals surface area contributed by atoms with E-state index in [-0.39, 0.29) is 25.7 Å². The second-order valence-electron chi connectivity index (χ2n) is 6.42. The van der Waals surface area contributed by atoms with Crippen LogP contribution in [-0.2, 0) is 5.41 Å². The van der Waals surface area contributed by atoms with Gasteiger partial charge in [-0.15, -0.1) is 0 Å². The van der Waals surface area contributed by atoms with Crippen LogP contribution >= 0.6 is 0 Å². The summed E-state index contributed by atoms with van der Waals surface area (Å²) < 4.78 is 4.33. The van der Waals surface area contributed by atoms with Crippen molar-refractivity contribution >= 4 is 12.1 Å². The Labute approximate surface area is 127 Å². The molecule has 1 aromatic heterocycles. The molecule has 0 aromatic carbocycles. The normalized spacial score (nSPS) is 13.5. The molecule has 0 aliphatic carbocycles. The van der Waals surface area contributed by atoms with Gasteiger partial charge < -0.3 is 0 Å². The molecule has 0 spiro atoms. The summed E-state index contributed by atoms with van der Waals surface area (Å²) in [5.41, 5.74) is -0.0147. The zero-order chi connectivity index (χ0) is 14.7. The van der Waals surface area contributed by atoms with Crippen molar-refractivity contribution in [3.8, 4) is 0 Å². The maximum absolute atomic E-state index is 10.5. The SMILES string of the molecule is C.C.CC(C)(C)C1=NCC=N1.CC(C)(C)c1noc(=O)[nH]1. The van der Waals surface area contributed by atoms with Crippen LogP contribution in [0.3, 0.4) is 0 Å². The molecular formula is C15H30N4O2. The Morgan fingerprint density at radius 3 is 1.86 bits per heavy atom. The van der Waals surface area contributed by atoms with Crippen molar-refractivity contribution in [2.24, 2.45) is 15.4 Å². The van der Waals surface area contributed by atoms with E-state index in [1.54, 1.807) is 0 Å². The van der Waals surface area contributed by atoms with Gasteiger partial charge in [0.1, 0.15) is 5.84 Å². The summed E-state index contributed by atoms with van der Waals surface area (Å²) in [4.78, 5) is 21.3. The maximum atomic E-state index is 10.5. The first-order valence-corrected chi connectivity index (χ1v) is 6.24. The molecule has 0 fully saturated rings. The van der Waals surface area contributed by atoms with Crippen LogP contribution in [0, 0.1) is 5.41 Å². The van der Waals surface area contributed by atoms with Crippen molar-refractivity contribution in [1.29, 1.82) is 0 Å². The smallest absolute Gasteiger partial charge is 0.296 e. The molecule has 0 radical (unpaired) electrons. The summed E-state index contributed by atoms with van der Waals surface area (Å²) in [5.74, 6) is 1.06. The molecule has 122 valence electrons. The number of rotatable bonds is 0. The van der Waals surface area contributed by atoms with Gasteiger partial charge in [-0.05, 0) is 0 Å². The van der Waals surface area contributed by atoms with Gasteiger partial charge in [0.05, 0.1) is 6.54 Å². The van der Waals surface area contributed by atoms with E-state index in [9.17, 15) is 4.79 Å². The molecule has 1 aromatic rings. The van der Waals surface area contributed by atoms with Crippen molar-refractivity contribution in [2.75, 3.05) is 6.54 Å². The molecule has 0 unspecified atom stereocenters. The van der Waals surface area contributed by atoms with Crippen LogP contribution in [0.5, 0.6) is 0 Å². The van der Waals surface area contributed by atoms with E-state index in [1.165, 1.54) is 0 Å². The Balaban J connectivity index is 0. The number of nitrogens with one attached hydrogen (secondary N) is 1. The first kappa shape index (κ1) is 21.6. The molecule has 2 heterocycles. The molecule has 1 aliphatic heterocycles. The van der Waals surface area contributed by atoms with E-state index < -0.39 is 5.76 Å². The number of aromatic amines is 1. The summed E-state index contributed by atoms with van der Waals surface area (Å²) in [6.45, 7) is 13.0. The van der Waals surface area contributed by atoms with Crippen molar-refractivity contribution in [3.05, 3.63) is 16.4 Å². The third-order valence-corrected chi connectivity index (χ3v) is 2.36. The topological polar surface area (TPSA) is 83.6 Å². The van der Waals surface area contributed by atoms with Crippen LogP contribution in [0.1, 0.15) is 62.2 Å². The first-order valence-electron chi connectivity index (χ1n) is 6.24. The lowest BCUT2D eigenvalue weighted by Crippen LogP contribution is -2.16. The second-order valence-corrected chi connectivity index (χ2v) is 6.42. The molecule has 2 rings (SSSR count). The molecule has 0 amide bonds. The van der Waals surface area contributed by atoms with Gasteiger partial charge in [0, 0.05) is 17.0 Å². The molecule has 21 heavy (non-hydrogen) atoms. The summed E-state index contributed by atoms with van der Waals surface area (Å²) in [7, 11) is 0. The highest BCUT2D eigenvalue weighted by Gasteiger charge is 2.19. The zero-order valence-electron chi connectivity index (χ0n) is 12.4. The van der Waals surface area contributed by atoms with E-state index in [4.69, 9.17) is 0 Å². The van der Waals surface area contributed by atoms with Gasteiger partial charge in [-0.2, -0.15) is 0 Å². The fourth-order valence-corrected chi connectivity index (χ4v) is 1.28. The van der Waals surface area contributed by atoms with Gasteiger partial charge in [-0.25, -0.2) is 9.79 Å². The average Bonchev–Trinajstić information content (AvgIpc) is 2.84. The number of hydrogen-bond donors (Lipinski definition) is 1. The van der Waals surface area contributed by atoms with Crippen molar-refractivity contribution < 1.29 is 4.52 Å². The molecular weight excluding hydrogens is 268 g/mol. The zero-order valence-corrected chi connectivity index (χ0v) is 12.4. The molecule has 6 nitrogen and oxygen atoms in total. The third-order valence-electron chi connectivity index (χ3n) is 2.36. The Hall–Kier alpha value is -1.72. The van der Waals surface area contributed by atoms with Gasteiger partial charge in [0.2, 0.25) is 0 Å². The lowest BCUT2D eigenvalue weighted by molar-refractivity contribution is 0.369. The van der Waals surface area contributed by atoms with Crippen LogP contribution in [0.25, 0.3) is 0 Å². The average molecular weight is 298 g/mol. The Morgan fingerprint density at radius 2 is 1.67 bits per heavy atom. The van der Waals surface area contributed by atoms with Gasteiger partial charge in [0.25, 0.3) is 0 Å². The van der Waals surface area contributed by atoms with Gasteiger partial charge in [-0.3, -0.25) is 14.5 Å². The lowest BCUT2D eigenvalue weighted by atomic mass is 9.95. The number of aromatic nitrogens is 2. The standard InChI is InChI=1S/C7H12N2.C6H10N2O2.2CH4/c1-7(2,3)6-8-4-5-9-6;1-6(2,3)4-7-5(9)10-8-4;;/h4H,5H2,1-3H3;1-3H3,(H,7,8,9);2*1H4. The van der Waals surface area contributed by atoms with Crippen molar-refractivity contribution in [2.45, 2.75) is 61.8 Å². The van der Waals surface area contributed by atoms with E-state index in [0.29, 0.717) is 5.82 Å². The highest BCUT2D eigenvalue weighted by atomic mass is 16.5. The minimum Gasteiger partial charge on any atom is -0.296 e. The van der Waals surface area contributed by atoms with Crippen LogP contribution in [0.4, 0.5) is 0 Å². The van der Waals surface area contributed by atoms with E-state index in [0.717, 1.165) is 12.4 Å². The minimum atomic E-state index is -0.495. The Bertz CT molecular complexity index is 525. The molecule has 1 aliphatic rings. The summed E-state index contributed by atoms with van der Waals surface area (Å²) >= 11 is 0. The molecule has 0 saturated heterocycles. The van der Waals surface area contributed by atoms with Crippen molar-refractivity contribution in [3.63, 3.8) is 0 Å². The molecule has 6 heteroatoms. The van der Waals surface area contributed by atoms with Crippen LogP contribution in [0.15, 0.2) is 19.3 Å². The molecule has 0 bridgehead atoms. The summed E-state index contributed by atoms with van der Waals surface area (Å²) in [6, 6.07) is 0. The van der Waals surface area contributed by atoms with E-state index in [2.05, 4.69) is 45.4 Å². The second kappa shape index (κ2) is 7.90. The van der Waals surface area contributed by atoms with Crippen LogP contribution < -0.4 is 5.76 Å². The Kier molecular flexibility index (Phi) is 8.12. The number of H-pyrrole nitrogens is 1. The largest absolute Gasteiger partial charge is 0.438 e. The first-order chi connectivity index (χ1) is 8.60. The van der Waals surface area contributed by atoms with Gasteiger partial charge in [-0.1, -0.05) is 61.6 Å². The van der Waals surface area contributed by atoms with E-state index in [1.807, 2.05) is 27.0 Å². The predicted molar refractivity (Wildman–Crippen MR) is 89.5 cm³/mol. The minimum absolute atomic E-state index is 0. The fraction of sp³-hybridized carbons (Fsp3) is 0.733. The predicted octanol–water partition coefficient (Wildman–Crippen LogP) is 3.45. The summed E-state index contributed by atoms with van der Waals surface area (Å²) in [6.07, 6.45) is 1.85. The van der Waals surface area contributed by atoms with Gasteiger partial charge >= 0.3 is 5.76 Å². The molecule has 0 saturated carbocycles. The number of amidine groups is 1. The lowest BCUT2D eigenvalue weighted by Gasteiger charge is -2.14. The Morgan fingerprint density at radius 1 is 1.10 bits per heavy atom. The fourth-order valence-electron chi connectivity index (χ4n) is 1.28. The summed E-state index contributed by atoms with van der Waals surface area (Å²) in [5, 5.41) is 3.54. The van der Waals surface area contributed by atoms with Crippen LogP contribution in [-0.4, -0.2) is 28.7 Å².